The first-order valence-electron chi connectivity index (χ1n) is 5.94. The molecule has 7 heteroatoms. The first-order chi connectivity index (χ1) is 9.99. The van der Waals surface area contributed by atoms with E-state index in [1.807, 2.05) is 22.8 Å². The predicted octanol–water partition coefficient (Wildman–Crippen LogP) is 5.36. The minimum absolute atomic E-state index is 0.335. The lowest BCUT2D eigenvalue weighted by Gasteiger charge is -2.08. The first kappa shape index (κ1) is 14.7. The van der Waals surface area contributed by atoms with Crippen LogP contribution in [0.1, 0.15) is 0 Å². The van der Waals surface area contributed by atoms with Crippen LogP contribution in [0.4, 0.5) is 4.39 Å². The summed E-state index contributed by atoms with van der Waals surface area (Å²) in [5.41, 5.74) is 2.25. The zero-order valence-corrected chi connectivity index (χ0v) is 14.8. The van der Waals surface area contributed by atoms with E-state index in [4.69, 9.17) is 17.0 Å². The van der Waals surface area contributed by atoms with Gasteiger partial charge in [-0.05, 0) is 46.3 Å². The van der Waals surface area contributed by atoms with Crippen LogP contribution in [-0.4, -0.2) is 16.7 Å². The number of H-pyrrole nitrogens is 1. The molecule has 1 heterocycles. The van der Waals surface area contributed by atoms with Crippen LogP contribution in [0.2, 0.25) is 0 Å². The van der Waals surface area contributed by atoms with Gasteiger partial charge in [0.1, 0.15) is 11.6 Å². The van der Waals surface area contributed by atoms with Gasteiger partial charge in [0, 0.05) is 16.6 Å². The molecule has 1 aromatic heterocycles. The van der Waals surface area contributed by atoms with Crippen LogP contribution in [-0.2, 0) is 0 Å². The van der Waals surface area contributed by atoms with E-state index in [9.17, 15) is 4.39 Å². The predicted molar refractivity (Wildman–Crippen MR) is 90.4 cm³/mol. The molecule has 2 aromatic carbocycles. The number of halogens is 3. The number of rotatable bonds is 2. The summed E-state index contributed by atoms with van der Waals surface area (Å²) in [4.78, 5) is 3.01. The summed E-state index contributed by atoms with van der Waals surface area (Å²) < 4.78 is 22.5. The fourth-order valence-corrected chi connectivity index (χ4v) is 3.26. The maximum Gasteiger partial charge on any atom is 0.182 e. The van der Waals surface area contributed by atoms with Gasteiger partial charge in [-0.1, -0.05) is 15.9 Å². The van der Waals surface area contributed by atoms with Crippen molar-refractivity contribution in [1.82, 2.24) is 9.55 Å². The Morgan fingerprint density at radius 3 is 2.67 bits per heavy atom. The summed E-state index contributed by atoms with van der Waals surface area (Å²) in [5, 5.41) is 0. The van der Waals surface area contributed by atoms with E-state index in [0.29, 0.717) is 20.5 Å². The molecule has 3 rings (SSSR count). The molecular weight excluding hydrogens is 423 g/mol. The second-order valence-corrected chi connectivity index (χ2v) is 6.55. The Balaban J connectivity index is 2.34. The van der Waals surface area contributed by atoms with E-state index < -0.39 is 0 Å². The van der Waals surface area contributed by atoms with Gasteiger partial charge >= 0.3 is 0 Å². The molecule has 0 spiro atoms. The number of hydrogen-bond donors (Lipinski definition) is 1. The average Bonchev–Trinajstić information content (AvgIpc) is 2.74. The molecule has 1 N–H and O–H groups in total. The lowest BCUT2D eigenvalue weighted by atomic mass is 10.2. The molecule has 0 aliphatic heterocycles. The third-order valence-electron chi connectivity index (χ3n) is 3.07. The molecule has 0 unspecified atom stereocenters. The second kappa shape index (κ2) is 5.55. The highest BCUT2D eigenvalue weighted by Gasteiger charge is 2.11. The summed E-state index contributed by atoms with van der Waals surface area (Å²) in [6.45, 7) is 0. The number of imidazole rings is 1. The second-order valence-electron chi connectivity index (χ2n) is 4.40. The molecule has 0 aliphatic carbocycles. The van der Waals surface area contributed by atoms with Crippen molar-refractivity contribution in [3.8, 4) is 11.4 Å². The number of nitrogens with zero attached hydrogens (tertiary/aromatic N) is 1. The number of fused-ring (bicyclic) bond motifs is 1. The molecule has 0 amide bonds. The number of ether oxygens (including phenoxy) is 1. The minimum Gasteiger partial charge on any atom is -0.497 e. The Morgan fingerprint density at radius 1 is 1.19 bits per heavy atom. The van der Waals surface area contributed by atoms with Crippen molar-refractivity contribution in [3.63, 3.8) is 0 Å². The van der Waals surface area contributed by atoms with Crippen LogP contribution < -0.4 is 4.74 Å². The Morgan fingerprint density at radius 2 is 1.95 bits per heavy atom. The highest BCUT2D eigenvalue weighted by molar-refractivity contribution is 9.10. The van der Waals surface area contributed by atoms with Gasteiger partial charge in [-0.25, -0.2) is 4.39 Å². The fourth-order valence-electron chi connectivity index (χ4n) is 2.15. The molecule has 0 bridgehead atoms. The van der Waals surface area contributed by atoms with Crippen LogP contribution in [0.5, 0.6) is 5.75 Å². The van der Waals surface area contributed by atoms with Gasteiger partial charge in [-0.2, -0.15) is 0 Å². The molecule has 3 nitrogen and oxygen atoms in total. The van der Waals surface area contributed by atoms with Gasteiger partial charge in [0.25, 0.3) is 0 Å². The van der Waals surface area contributed by atoms with E-state index in [-0.39, 0.29) is 5.82 Å². The van der Waals surface area contributed by atoms with E-state index in [1.165, 1.54) is 6.07 Å². The monoisotopic (exact) mass is 430 g/mol. The van der Waals surface area contributed by atoms with E-state index in [0.717, 1.165) is 15.7 Å². The Hall–Kier alpha value is -1.18. The van der Waals surface area contributed by atoms with Crippen molar-refractivity contribution < 1.29 is 9.13 Å². The molecule has 21 heavy (non-hydrogen) atoms. The largest absolute Gasteiger partial charge is 0.497 e. The van der Waals surface area contributed by atoms with Gasteiger partial charge in [0.2, 0.25) is 0 Å². The van der Waals surface area contributed by atoms with Crippen molar-refractivity contribution in [1.29, 1.82) is 0 Å². The molecule has 0 aliphatic rings. The number of aromatic nitrogens is 2. The normalized spacial score (nSPS) is 11.0. The van der Waals surface area contributed by atoms with E-state index in [2.05, 4.69) is 36.8 Å². The Labute approximate surface area is 142 Å². The number of nitrogens with one attached hydrogen (secondary N) is 1. The maximum atomic E-state index is 13.6. The summed E-state index contributed by atoms with van der Waals surface area (Å²) in [7, 11) is 1.60. The lowest BCUT2D eigenvalue weighted by molar-refractivity contribution is 0.414. The number of methoxy groups -OCH3 is 1. The third kappa shape index (κ3) is 2.65. The van der Waals surface area contributed by atoms with Crippen molar-refractivity contribution in [2.75, 3.05) is 7.11 Å². The zero-order chi connectivity index (χ0) is 15.1. The SMILES string of the molecule is COc1cc(Br)cc(-n2c(=S)[nH]c3cc(F)c(Br)cc32)c1. The minimum atomic E-state index is -0.335. The molecule has 3 aromatic rings. The summed E-state index contributed by atoms with van der Waals surface area (Å²) >= 11 is 12.0. The lowest BCUT2D eigenvalue weighted by Crippen LogP contribution is -1.95. The van der Waals surface area contributed by atoms with E-state index >= 15 is 0 Å². The summed E-state index contributed by atoms with van der Waals surface area (Å²) in [5.74, 6) is 0.370. The van der Waals surface area contributed by atoms with Crippen LogP contribution in [0.3, 0.4) is 0 Å². The van der Waals surface area contributed by atoms with Crippen LogP contribution >= 0.6 is 44.1 Å². The highest BCUT2D eigenvalue weighted by atomic mass is 79.9. The topological polar surface area (TPSA) is 29.9 Å². The molecule has 108 valence electrons. The van der Waals surface area contributed by atoms with Crippen molar-refractivity contribution in [2.45, 2.75) is 0 Å². The first-order valence-corrected chi connectivity index (χ1v) is 7.94. The summed E-state index contributed by atoms with van der Waals surface area (Å²) in [6.07, 6.45) is 0. The standard InChI is InChI=1S/C14H9Br2FN2OS/c1-20-9-3-7(15)2-8(4-9)19-13-5-10(16)11(17)6-12(13)18-14(19)21/h2-6H,1H3,(H,18,21). The van der Waals surface area contributed by atoms with Gasteiger partial charge < -0.3 is 9.72 Å². The van der Waals surface area contributed by atoms with Crippen LogP contribution in [0.25, 0.3) is 16.7 Å². The molecular formula is C14H9Br2FN2OS. The molecule has 0 radical (unpaired) electrons. The van der Waals surface area contributed by atoms with Crippen molar-refractivity contribution in [2.24, 2.45) is 0 Å². The number of hydrogen-bond acceptors (Lipinski definition) is 2. The van der Waals surface area contributed by atoms with Gasteiger partial charge in [0.15, 0.2) is 4.77 Å². The van der Waals surface area contributed by atoms with Crippen molar-refractivity contribution >= 4 is 55.1 Å². The zero-order valence-electron chi connectivity index (χ0n) is 10.8. The molecule has 0 saturated heterocycles. The van der Waals surface area contributed by atoms with E-state index in [1.54, 1.807) is 13.2 Å². The number of aromatic amines is 1. The Bertz CT molecular complexity index is 904. The van der Waals surface area contributed by atoms with Crippen molar-refractivity contribution in [3.05, 3.63) is 49.9 Å². The maximum absolute atomic E-state index is 13.6. The van der Waals surface area contributed by atoms with Crippen LogP contribution in [0, 0.1) is 10.6 Å². The average molecular weight is 432 g/mol. The van der Waals surface area contributed by atoms with Gasteiger partial charge in [0.05, 0.1) is 28.3 Å². The van der Waals surface area contributed by atoms with Gasteiger partial charge in [-0.3, -0.25) is 4.57 Å². The third-order valence-corrected chi connectivity index (χ3v) is 4.42. The number of benzene rings is 2. The molecule has 0 atom stereocenters. The van der Waals surface area contributed by atoms with Crippen LogP contribution in [0.15, 0.2) is 39.3 Å². The fraction of sp³-hybridized carbons (Fsp3) is 0.0714. The smallest absolute Gasteiger partial charge is 0.182 e. The Kier molecular flexibility index (Phi) is 3.90. The quantitative estimate of drug-likeness (QED) is 0.553. The molecule has 0 fully saturated rings. The highest BCUT2D eigenvalue weighted by Crippen LogP contribution is 2.29. The van der Waals surface area contributed by atoms with Gasteiger partial charge in [-0.15, -0.1) is 0 Å². The summed E-state index contributed by atoms with van der Waals surface area (Å²) in [6, 6.07) is 8.76. The molecule has 0 saturated carbocycles.